The van der Waals surface area contributed by atoms with Gasteiger partial charge in [0.25, 0.3) is 5.91 Å². The summed E-state index contributed by atoms with van der Waals surface area (Å²) in [5.41, 5.74) is 4.58. The lowest BCUT2D eigenvalue weighted by molar-refractivity contribution is 0.0691. The molecule has 176 valence electrons. The van der Waals surface area contributed by atoms with E-state index in [4.69, 9.17) is 9.84 Å². The molecule has 3 N–H and O–H groups in total. The number of aromatic carboxylic acids is 1. The lowest BCUT2D eigenvalue weighted by atomic mass is 9.98. The predicted molar refractivity (Wildman–Crippen MR) is 131 cm³/mol. The molecule has 9 nitrogen and oxygen atoms in total. The topological polar surface area (TPSA) is 131 Å². The molecule has 0 spiro atoms. The van der Waals surface area contributed by atoms with Crippen LogP contribution in [0.1, 0.15) is 43.0 Å². The van der Waals surface area contributed by atoms with Crippen LogP contribution in [0.2, 0.25) is 0 Å². The summed E-state index contributed by atoms with van der Waals surface area (Å²) in [6.07, 6.45) is -0.655. The van der Waals surface area contributed by atoms with Crippen LogP contribution in [0, 0.1) is 0 Å². The van der Waals surface area contributed by atoms with Crippen molar-refractivity contribution in [2.75, 3.05) is 11.9 Å². The van der Waals surface area contributed by atoms with Gasteiger partial charge in [0, 0.05) is 16.7 Å². The Morgan fingerprint density at radius 2 is 1.57 bits per heavy atom. The summed E-state index contributed by atoms with van der Waals surface area (Å²) < 4.78 is 5.50. The first kappa shape index (κ1) is 22.7. The molecule has 0 aliphatic heterocycles. The number of carboxylic acids is 1. The molecule has 0 bridgehead atoms. The number of anilines is 1. The molecule has 35 heavy (non-hydrogen) atoms. The van der Waals surface area contributed by atoms with Gasteiger partial charge >= 0.3 is 12.1 Å². The number of hydrogen-bond acceptors (Lipinski definition) is 8. The largest absolute Gasteiger partial charge is 0.476 e. The minimum absolute atomic E-state index is 0.0571. The van der Waals surface area contributed by atoms with E-state index in [0.29, 0.717) is 5.01 Å². The number of thiazole rings is 2. The van der Waals surface area contributed by atoms with Crippen molar-refractivity contribution in [1.29, 1.82) is 0 Å². The number of nitrogens with one attached hydrogen (secondary N) is 2. The van der Waals surface area contributed by atoms with Gasteiger partial charge in [0.2, 0.25) is 0 Å². The Morgan fingerprint density at radius 1 is 0.914 bits per heavy atom. The molecule has 2 heterocycles. The third kappa shape index (κ3) is 4.77. The third-order valence-corrected chi connectivity index (χ3v) is 7.07. The lowest BCUT2D eigenvalue weighted by Gasteiger charge is -2.14. The number of fused-ring (bicyclic) bond motifs is 3. The Morgan fingerprint density at radius 3 is 2.23 bits per heavy atom. The maximum atomic E-state index is 12.4. The fourth-order valence-electron chi connectivity index (χ4n) is 3.89. The first-order chi connectivity index (χ1) is 17.0. The highest BCUT2D eigenvalue weighted by Gasteiger charge is 2.29. The molecule has 2 aromatic heterocycles. The number of hydrogen-bond donors (Lipinski definition) is 3. The van der Waals surface area contributed by atoms with Crippen molar-refractivity contribution in [3.8, 4) is 11.1 Å². The van der Waals surface area contributed by atoms with Crippen molar-refractivity contribution in [3.63, 3.8) is 0 Å². The Hall–Kier alpha value is -4.09. The molecule has 0 radical (unpaired) electrons. The summed E-state index contributed by atoms with van der Waals surface area (Å²) in [6, 6.07) is 16.1. The van der Waals surface area contributed by atoms with Gasteiger partial charge in [-0.15, -0.1) is 22.7 Å². The summed E-state index contributed by atoms with van der Waals surface area (Å²) in [4.78, 5) is 43.7. The summed E-state index contributed by atoms with van der Waals surface area (Å²) in [7, 11) is 0. The molecule has 0 fully saturated rings. The van der Waals surface area contributed by atoms with Gasteiger partial charge in [0.1, 0.15) is 17.3 Å². The Bertz CT molecular complexity index is 1390. The standard InChI is InChI=1S/C24H18N4O5S2/c29-21(25-9-20-26-19(12-34-20)22(30)31)18-11-35-23(27-18)28-24(32)33-10-17-15-7-3-1-5-13(15)14-6-2-4-8-16(14)17/h1-8,11-12,17H,9-10H2,(H,25,29)(H,30,31)(H,27,28,32). The average Bonchev–Trinajstić information content (AvgIpc) is 3.59. The van der Waals surface area contributed by atoms with Crippen LogP contribution in [0.4, 0.5) is 9.93 Å². The van der Waals surface area contributed by atoms with Gasteiger partial charge < -0.3 is 15.2 Å². The molecule has 0 atom stereocenters. The lowest BCUT2D eigenvalue weighted by Crippen LogP contribution is -2.23. The fourth-order valence-corrected chi connectivity index (χ4v) is 5.28. The van der Waals surface area contributed by atoms with E-state index in [0.717, 1.165) is 44.9 Å². The smallest absolute Gasteiger partial charge is 0.413 e. The quantitative estimate of drug-likeness (QED) is 0.334. The van der Waals surface area contributed by atoms with E-state index in [1.54, 1.807) is 0 Å². The Balaban J connectivity index is 1.16. The number of rotatable bonds is 7. The second-order valence-electron chi connectivity index (χ2n) is 7.60. The zero-order valence-electron chi connectivity index (χ0n) is 18.1. The zero-order valence-corrected chi connectivity index (χ0v) is 19.7. The fraction of sp³-hybridized carbons (Fsp3) is 0.125. The number of benzene rings is 2. The van der Waals surface area contributed by atoms with E-state index >= 15 is 0 Å². The molecule has 11 heteroatoms. The molecule has 0 saturated carbocycles. The maximum absolute atomic E-state index is 12.4. The molecular weight excluding hydrogens is 488 g/mol. The van der Waals surface area contributed by atoms with Crippen molar-refractivity contribution in [2.24, 2.45) is 0 Å². The van der Waals surface area contributed by atoms with E-state index in [9.17, 15) is 14.4 Å². The van der Waals surface area contributed by atoms with E-state index < -0.39 is 18.0 Å². The third-order valence-electron chi connectivity index (χ3n) is 5.46. The van der Waals surface area contributed by atoms with Gasteiger partial charge in [-0.1, -0.05) is 48.5 Å². The predicted octanol–water partition coefficient (Wildman–Crippen LogP) is 4.59. The Labute approximate surface area is 207 Å². The van der Waals surface area contributed by atoms with Gasteiger partial charge in [-0.3, -0.25) is 10.1 Å². The number of amides is 2. The van der Waals surface area contributed by atoms with Crippen molar-refractivity contribution in [2.45, 2.75) is 12.5 Å². The van der Waals surface area contributed by atoms with Crippen LogP contribution in [-0.2, 0) is 11.3 Å². The summed E-state index contributed by atoms with van der Waals surface area (Å²) in [5.74, 6) is -1.64. The van der Waals surface area contributed by atoms with Crippen LogP contribution < -0.4 is 10.6 Å². The van der Waals surface area contributed by atoms with Gasteiger partial charge in [-0.05, 0) is 22.3 Å². The van der Waals surface area contributed by atoms with Crippen molar-refractivity contribution in [3.05, 3.63) is 86.8 Å². The monoisotopic (exact) mass is 506 g/mol. The molecule has 2 aromatic carbocycles. The summed E-state index contributed by atoms with van der Waals surface area (Å²) in [6.45, 7) is 0.244. The second-order valence-corrected chi connectivity index (χ2v) is 9.40. The highest BCUT2D eigenvalue weighted by atomic mass is 32.1. The molecule has 2 amide bonds. The van der Waals surface area contributed by atoms with Gasteiger partial charge in [0.05, 0.1) is 6.54 Å². The number of carboxylic acid groups (broad SMARTS) is 1. The van der Waals surface area contributed by atoms with E-state index in [2.05, 4.69) is 32.7 Å². The van der Waals surface area contributed by atoms with Crippen LogP contribution in [0.15, 0.2) is 59.3 Å². The van der Waals surface area contributed by atoms with Crippen LogP contribution in [-0.4, -0.2) is 39.7 Å². The molecule has 0 unspecified atom stereocenters. The van der Waals surface area contributed by atoms with Gasteiger partial charge in [-0.2, -0.15) is 0 Å². The normalized spacial score (nSPS) is 12.0. The summed E-state index contributed by atoms with van der Waals surface area (Å²) >= 11 is 2.23. The van der Waals surface area contributed by atoms with Crippen LogP contribution in [0.3, 0.4) is 0 Å². The minimum Gasteiger partial charge on any atom is -0.476 e. The maximum Gasteiger partial charge on any atom is 0.413 e. The molecule has 1 aliphatic carbocycles. The number of ether oxygens (including phenoxy) is 1. The van der Waals surface area contributed by atoms with E-state index in [1.807, 2.05) is 36.4 Å². The zero-order chi connectivity index (χ0) is 24.4. The van der Waals surface area contributed by atoms with Crippen molar-refractivity contribution in [1.82, 2.24) is 15.3 Å². The highest BCUT2D eigenvalue weighted by molar-refractivity contribution is 7.14. The number of carbonyl (C=O) groups excluding carboxylic acids is 2. The molecular formula is C24H18N4O5S2. The SMILES string of the molecule is O=C(Nc1nc(C(=O)NCc2nc(C(=O)O)cs2)cs1)OCC1c2ccccc2-c2ccccc21. The van der Waals surface area contributed by atoms with E-state index in [-0.39, 0.29) is 35.6 Å². The van der Waals surface area contributed by atoms with Crippen molar-refractivity contribution < 1.29 is 24.2 Å². The van der Waals surface area contributed by atoms with E-state index in [1.165, 1.54) is 10.8 Å². The van der Waals surface area contributed by atoms with Crippen LogP contribution in [0.5, 0.6) is 0 Å². The number of nitrogens with zero attached hydrogens (tertiary/aromatic N) is 2. The average molecular weight is 507 g/mol. The molecule has 4 aromatic rings. The first-order valence-electron chi connectivity index (χ1n) is 10.5. The number of aromatic nitrogens is 2. The molecule has 5 rings (SSSR count). The highest BCUT2D eigenvalue weighted by Crippen LogP contribution is 2.44. The van der Waals surface area contributed by atoms with Crippen LogP contribution >= 0.6 is 22.7 Å². The summed E-state index contributed by atoms with van der Waals surface area (Å²) in [5, 5.41) is 17.7. The second kappa shape index (κ2) is 9.65. The minimum atomic E-state index is -1.12. The first-order valence-corrected chi connectivity index (χ1v) is 12.3. The van der Waals surface area contributed by atoms with Gasteiger partial charge in [0.15, 0.2) is 10.8 Å². The Kier molecular flexibility index (Phi) is 6.25. The van der Waals surface area contributed by atoms with Crippen LogP contribution in [0.25, 0.3) is 11.1 Å². The van der Waals surface area contributed by atoms with Crippen molar-refractivity contribution >= 4 is 45.8 Å². The number of carbonyl (C=O) groups is 3. The molecule has 0 saturated heterocycles. The van der Waals surface area contributed by atoms with Gasteiger partial charge in [-0.25, -0.2) is 19.6 Å². The molecule has 1 aliphatic rings.